The monoisotopic (exact) mass is 187 g/mol. The quantitative estimate of drug-likeness (QED) is 0.658. The Morgan fingerprint density at radius 1 is 1.67 bits per heavy atom. The van der Waals surface area contributed by atoms with E-state index in [9.17, 15) is 9.90 Å². The van der Waals surface area contributed by atoms with Gasteiger partial charge in [0, 0.05) is 11.8 Å². The molecular weight excluding hydrogens is 178 g/mol. The van der Waals surface area contributed by atoms with Crippen LogP contribution in [0, 0.1) is 6.92 Å². The molecule has 0 saturated carbocycles. The SMILES string of the molecule is Cc1[nH]cc(C(C)Cl)c(=O)c1O. The van der Waals surface area contributed by atoms with Gasteiger partial charge in [-0.2, -0.15) is 0 Å². The van der Waals surface area contributed by atoms with E-state index in [0.29, 0.717) is 11.3 Å². The molecule has 1 atom stereocenters. The van der Waals surface area contributed by atoms with Crippen LogP contribution in [0.2, 0.25) is 0 Å². The Morgan fingerprint density at radius 2 is 2.25 bits per heavy atom. The molecule has 0 amide bonds. The van der Waals surface area contributed by atoms with E-state index in [-0.39, 0.29) is 11.1 Å². The second-order valence-electron chi connectivity index (χ2n) is 2.66. The highest BCUT2D eigenvalue weighted by Crippen LogP contribution is 2.17. The Balaban J connectivity index is 3.37. The van der Waals surface area contributed by atoms with Crippen molar-refractivity contribution >= 4 is 11.6 Å². The van der Waals surface area contributed by atoms with Gasteiger partial charge < -0.3 is 10.1 Å². The summed E-state index contributed by atoms with van der Waals surface area (Å²) in [4.78, 5) is 14.0. The first-order chi connectivity index (χ1) is 5.54. The van der Waals surface area contributed by atoms with Crippen LogP contribution in [0.15, 0.2) is 11.0 Å². The summed E-state index contributed by atoms with van der Waals surface area (Å²) in [6, 6.07) is 0. The Bertz CT molecular complexity index is 343. The summed E-state index contributed by atoms with van der Waals surface area (Å²) in [5.74, 6) is -0.250. The zero-order chi connectivity index (χ0) is 9.30. The van der Waals surface area contributed by atoms with Gasteiger partial charge in [0.05, 0.1) is 11.1 Å². The number of alkyl halides is 1. The summed E-state index contributed by atoms with van der Waals surface area (Å²) in [5.41, 5.74) is 0.453. The van der Waals surface area contributed by atoms with Crippen molar-refractivity contribution in [3.63, 3.8) is 0 Å². The molecule has 0 aromatic carbocycles. The maximum absolute atomic E-state index is 11.3. The van der Waals surface area contributed by atoms with Crippen LogP contribution in [0.3, 0.4) is 0 Å². The van der Waals surface area contributed by atoms with Gasteiger partial charge in [-0.3, -0.25) is 4.79 Å². The fourth-order valence-corrected chi connectivity index (χ4v) is 1.08. The molecule has 12 heavy (non-hydrogen) atoms. The van der Waals surface area contributed by atoms with Crippen molar-refractivity contribution in [2.24, 2.45) is 0 Å². The average molecular weight is 188 g/mol. The predicted molar refractivity (Wildman–Crippen MR) is 47.7 cm³/mol. The summed E-state index contributed by atoms with van der Waals surface area (Å²) in [6.07, 6.45) is 1.52. The van der Waals surface area contributed by atoms with Gasteiger partial charge in [-0.05, 0) is 13.8 Å². The first-order valence-corrected chi connectivity index (χ1v) is 4.03. The number of hydrogen-bond donors (Lipinski definition) is 2. The lowest BCUT2D eigenvalue weighted by molar-refractivity contribution is 0.461. The molecule has 0 radical (unpaired) electrons. The zero-order valence-electron chi connectivity index (χ0n) is 6.89. The lowest BCUT2D eigenvalue weighted by Gasteiger charge is -2.04. The highest BCUT2D eigenvalue weighted by Gasteiger charge is 2.10. The molecule has 2 N–H and O–H groups in total. The lowest BCUT2D eigenvalue weighted by atomic mass is 10.2. The maximum atomic E-state index is 11.3. The third-order valence-corrected chi connectivity index (χ3v) is 1.94. The highest BCUT2D eigenvalue weighted by atomic mass is 35.5. The number of rotatable bonds is 1. The van der Waals surface area contributed by atoms with E-state index < -0.39 is 5.43 Å². The second-order valence-corrected chi connectivity index (χ2v) is 3.32. The molecule has 0 saturated heterocycles. The van der Waals surface area contributed by atoms with Gasteiger partial charge >= 0.3 is 0 Å². The van der Waals surface area contributed by atoms with Crippen molar-refractivity contribution in [2.75, 3.05) is 0 Å². The average Bonchev–Trinajstić information content (AvgIpc) is 2.00. The number of aromatic hydroxyl groups is 1. The zero-order valence-corrected chi connectivity index (χ0v) is 7.64. The van der Waals surface area contributed by atoms with Crippen LogP contribution in [0.25, 0.3) is 0 Å². The van der Waals surface area contributed by atoms with Crippen LogP contribution in [0.5, 0.6) is 5.75 Å². The maximum Gasteiger partial charge on any atom is 0.228 e. The molecule has 1 unspecified atom stereocenters. The molecule has 0 aliphatic rings. The van der Waals surface area contributed by atoms with E-state index in [0.717, 1.165) is 0 Å². The molecule has 1 aromatic rings. The fourth-order valence-electron chi connectivity index (χ4n) is 0.922. The largest absolute Gasteiger partial charge is 0.503 e. The Labute approximate surface area is 75.0 Å². The molecule has 1 heterocycles. The number of hydrogen-bond acceptors (Lipinski definition) is 2. The molecule has 0 spiro atoms. The second kappa shape index (κ2) is 3.19. The van der Waals surface area contributed by atoms with Gasteiger partial charge in [-0.25, -0.2) is 0 Å². The third-order valence-electron chi connectivity index (χ3n) is 1.71. The number of nitrogens with one attached hydrogen (secondary N) is 1. The van der Waals surface area contributed by atoms with Crippen molar-refractivity contribution < 1.29 is 5.11 Å². The Hall–Kier alpha value is -0.960. The van der Waals surface area contributed by atoms with Crippen molar-refractivity contribution in [1.82, 2.24) is 4.98 Å². The van der Waals surface area contributed by atoms with Crippen molar-refractivity contribution in [1.29, 1.82) is 0 Å². The van der Waals surface area contributed by atoms with E-state index >= 15 is 0 Å². The molecule has 0 fully saturated rings. The number of H-pyrrole nitrogens is 1. The summed E-state index contributed by atoms with van der Waals surface area (Å²) in [7, 11) is 0. The fraction of sp³-hybridized carbons (Fsp3) is 0.375. The number of halogens is 1. The number of pyridine rings is 1. The third kappa shape index (κ3) is 1.46. The van der Waals surface area contributed by atoms with Crippen LogP contribution >= 0.6 is 11.6 Å². The minimum absolute atomic E-state index is 0.250. The smallest absolute Gasteiger partial charge is 0.228 e. The number of aromatic amines is 1. The van der Waals surface area contributed by atoms with E-state index in [1.807, 2.05) is 0 Å². The first kappa shape index (κ1) is 9.13. The van der Waals surface area contributed by atoms with Crippen molar-refractivity contribution in [3.8, 4) is 5.75 Å². The van der Waals surface area contributed by atoms with E-state index in [1.165, 1.54) is 6.20 Å². The molecule has 66 valence electrons. The highest BCUT2D eigenvalue weighted by molar-refractivity contribution is 6.20. The molecular formula is C8H10ClNO2. The number of aromatic nitrogens is 1. The van der Waals surface area contributed by atoms with Gasteiger partial charge in [-0.15, -0.1) is 11.6 Å². The van der Waals surface area contributed by atoms with Gasteiger partial charge in [0.25, 0.3) is 0 Å². The van der Waals surface area contributed by atoms with Crippen molar-refractivity contribution in [2.45, 2.75) is 19.2 Å². The minimum atomic E-state index is -0.395. The van der Waals surface area contributed by atoms with Crippen LogP contribution < -0.4 is 5.43 Å². The van der Waals surface area contributed by atoms with Crippen LogP contribution in [0.4, 0.5) is 0 Å². The summed E-state index contributed by atoms with van der Waals surface area (Å²) < 4.78 is 0. The topological polar surface area (TPSA) is 53.1 Å². The van der Waals surface area contributed by atoms with Gasteiger partial charge in [0.15, 0.2) is 5.75 Å². The van der Waals surface area contributed by atoms with E-state index in [4.69, 9.17) is 11.6 Å². The molecule has 0 bridgehead atoms. The molecule has 1 rings (SSSR count). The van der Waals surface area contributed by atoms with Gasteiger partial charge in [0.2, 0.25) is 5.43 Å². The van der Waals surface area contributed by atoms with Crippen LogP contribution in [0.1, 0.15) is 23.6 Å². The van der Waals surface area contributed by atoms with Gasteiger partial charge in [0.1, 0.15) is 0 Å². The summed E-state index contributed by atoms with van der Waals surface area (Å²) >= 11 is 5.70. The normalized spacial score (nSPS) is 12.9. The molecule has 0 aliphatic carbocycles. The first-order valence-electron chi connectivity index (χ1n) is 3.59. The predicted octanol–water partition coefficient (Wildman–Crippen LogP) is 1.69. The molecule has 1 aromatic heterocycles. The Kier molecular flexibility index (Phi) is 2.43. The summed E-state index contributed by atoms with van der Waals surface area (Å²) in [6.45, 7) is 3.31. The Morgan fingerprint density at radius 3 is 2.75 bits per heavy atom. The number of aryl methyl sites for hydroxylation is 1. The van der Waals surface area contributed by atoms with E-state index in [2.05, 4.69) is 4.98 Å². The van der Waals surface area contributed by atoms with Crippen LogP contribution in [-0.4, -0.2) is 10.1 Å². The molecule has 3 nitrogen and oxygen atoms in total. The summed E-state index contributed by atoms with van der Waals surface area (Å²) in [5, 5.41) is 8.84. The van der Waals surface area contributed by atoms with Gasteiger partial charge in [-0.1, -0.05) is 0 Å². The minimum Gasteiger partial charge on any atom is -0.503 e. The standard InChI is InChI=1S/C8H10ClNO2/c1-4(9)6-3-10-5(2)7(11)8(6)12/h3-4,11H,1-2H3,(H,10,12). The lowest BCUT2D eigenvalue weighted by Crippen LogP contribution is -2.10. The van der Waals surface area contributed by atoms with Crippen LogP contribution in [-0.2, 0) is 0 Å². The van der Waals surface area contributed by atoms with E-state index in [1.54, 1.807) is 13.8 Å². The molecule has 0 aliphatic heterocycles. The molecule has 4 heteroatoms. The van der Waals surface area contributed by atoms with Crippen molar-refractivity contribution in [3.05, 3.63) is 27.7 Å².